The summed E-state index contributed by atoms with van der Waals surface area (Å²) < 4.78 is 14.7. The second kappa shape index (κ2) is 12.4. The molecule has 7 nitrogen and oxygen atoms in total. The topological polar surface area (TPSA) is 80.0 Å². The lowest BCUT2D eigenvalue weighted by Gasteiger charge is -2.32. The number of furan rings is 2. The van der Waals surface area contributed by atoms with Crippen molar-refractivity contribution in [1.82, 2.24) is 20.0 Å². The van der Waals surface area contributed by atoms with Gasteiger partial charge in [0.1, 0.15) is 40.6 Å². The van der Waals surface area contributed by atoms with Crippen molar-refractivity contribution < 1.29 is 8.83 Å². The Morgan fingerprint density at radius 3 is 1.90 bits per heavy atom. The van der Waals surface area contributed by atoms with Gasteiger partial charge in [0.05, 0.1) is 17.2 Å². The number of aliphatic imine (C=N–C) groups is 1. The molecule has 2 atom stereocenters. The SMILES string of the molecule is c1ccc(C2NC(c3ccc(-c4ccc5c(c4)c4ccccc4c4nc6cc7c(cn6c54)oc4ccccc47)cc3)=NC(c3ccc4oc5ccccc5c4c3)N2)cc1. The standard InChI is InChI=1S/C52H33N5O2/c1-2-10-31(11-3-1)50-54-51(56-52(55-50)34-23-25-45-41(27-34)36-13-6-8-16-43(36)58-45)32-20-18-30(19-21-32)33-22-24-39-40(26-33)35-12-4-5-15-38(35)48-49(39)57-29-46-42(28-47(57)53-48)37-14-7-9-17-44(37)59-46/h1-29,50,52,55H,(H,54,56). The molecule has 13 rings (SSSR count). The molecule has 4 aromatic heterocycles. The Balaban J connectivity index is 0.909. The molecule has 0 saturated heterocycles. The van der Waals surface area contributed by atoms with Crippen molar-refractivity contribution in [1.29, 1.82) is 0 Å². The van der Waals surface area contributed by atoms with Crippen LogP contribution in [0.4, 0.5) is 0 Å². The Hall–Kier alpha value is -7.74. The molecule has 7 heteroatoms. The minimum absolute atomic E-state index is 0.140. The van der Waals surface area contributed by atoms with Crippen LogP contribution in [0, 0.1) is 0 Å². The van der Waals surface area contributed by atoms with Crippen molar-refractivity contribution in [3.8, 4) is 11.1 Å². The van der Waals surface area contributed by atoms with Crippen LogP contribution in [0.3, 0.4) is 0 Å². The molecule has 2 unspecified atom stereocenters. The summed E-state index contributed by atoms with van der Waals surface area (Å²) in [5.74, 6) is 0.837. The summed E-state index contributed by atoms with van der Waals surface area (Å²) in [7, 11) is 0. The maximum Gasteiger partial charge on any atom is 0.152 e. The molecule has 0 aliphatic carbocycles. The number of fused-ring (bicyclic) bond motifs is 14. The Kier molecular flexibility index (Phi) is 6.79. The van der Waals surface area contributed by atoms with E-state index in [1.807, 2.05) is 30.3 Å². The molecular formula is C52H33N5O2. The molecule has 0 amide bonds. The fourth-order valence-electron chi connectivity index (χ4n) is 9.21. The Morgan fingerprint density at radius 1 is 0.458 bits per heavy atom. The van der Waals surface area contributed by atoms with Crippen molar-refractivity contribution in [2.75, 3.05) is 0 Å². The summed E-state index contributed by atoms with van der Waals surface area (Å²) >= 11 is 0. The molecule has 8 aromatic carbocycles. The molecular weight excluding hydrogens is 727 g/mol. The van der Waals surface area contributed by atoms with Gasteiger partial charge < -0.3 is 14.2 Å². The molecule has 0 fully saturated rings. The molecule has 0 bridgehead atoms. The van der Waals surface area contributed by atoms with Gasteiger partial charge in [0.2, 0.25) is 0 Å². The number of aromatic nitrogens is 2. The van der Waals surface area contributed by atoms with Crippen LogP contribution in [0.5, 0.6) is 0 Å². The van der Waals surface area contributed by atoms with Gasteiger partial charge in [0.25, 0.3) is 0 Å². The van der Waals surface area contributed by atoms with E-state index in [4.69, 9.17) is 18.8 Å². The van der Waals surface area contributed by atoms with Crippen molar-refractivity contribution >= 4 is 87.9 Å². The van der Waals surface area contributed by atoms with Gasteiger partial charge >= 0.3 is 0 Å². The van der Waals surface area contributed by atoms with Crippen LogP contribution in [0.2, 0.25) is 0 Å². The lowest BCUT2D eigenvalue weighted by atomic mass is 9.95. The van der Waals surface area contributed by atoms with Crippen LogP contribution < -0.4 is 10.6 Å². The highest BCUT2D eigenvalue weighted by molar-refractivity contribution is 6.25. The molecule has 0 radical (unpaired) electrons. The van der Waals surface area contributed by atoms with E-state index in [0.29, 0.717) is 0 Å². The molecule has 0 saturated carbocycles. The first kappa shape index (κ1) is 32.4. The number of imidazole rings is 1. The van der Waals surface area contributed by atoms with Crippen LogP contribution in [-0.4, -0.2) is 15.2 Å². The zero-order valence-electron chi connectivity index (χ0n) is 31.6. The first-order chi connectivity index (χ1) is 29.2. The molecule has 12 aromatic rings. The first-order valence-corrected chi connectivity index (χ1v) is 20.0. The summed E-state index contributed by atoms with van der Waals surface area (Å²) in [6, 6.07) is 59.5. The third-order valence-electron chi connectivity index (χ3n) is 12.1. The van der Waals surface area contributed by atoms with Crippen molar-refractivity contribution in [3.63, 3.8) is 0 Å². The van der Waals surface area contributed by atoms with Crippen LogP contribution >= 0.6 is 0 Å². The molecule has 1 aliphatic heterocycles. The smallest absolute Gasteiger partial charge is 0.152 e. The van der Waals surface area contributed by atoms with Crippen LogP contribution in [0.25, 0.3) is 93.2 Å². The third kappa shape index (κ3) is 4.98. The van der Waals surface area contributed by atoms with Crippen molar-refractivity contribution in [2.45, 2.75) is 12.3 Å². The second-order valence-electron chi connectivity index (χ2n) is 15.5. The van der Waals surface area contributed by atoms with Crippen LogP contribution in [-0.2, 0) is 0 Å². The molecule has 0 spiro atoms. The molecule has 278 valence electrons. The van der Waals surface area contributed by atoms with Gasteiger partial charge in [-0.05, 0) is 69.4 Å². The number of benzene rings is 8. The zero-order valence-corrected chi connectivity index (χ0v) is 31.6. The van der Waals surface area contributed by atoms with Gasteiger partial charge in [-0.15, -0.1) is 0 Å². The number of amidine groups is 1. The Labute approximate surface area is 336 Å². The summed E-state index contributed by atoms with van der Waals surface area (Å²) in [5.41, 5.74) is 12.0. The van der Waals surface area contributed by atoms with Gasteiger partial charge in [-0.25, -0.2) is 9.98 Å². The monoisotopic (exact) mass is 759 g/mol. The van der Waals surface area contributed by atoms with E-state index in [2.05, 4.69) is 161 Å². The summed E-state index contributed by atoms with van der Waals surface area (Å²) in [6.07, 6.45) is 1.68. The number of nitrogens with zero attached hydrogens (tertiary/aromatic N) is 3. The summed E-state index contributed by atoms with van der Waals surface area (Å²) in [5, 5.41) is 16.5. The van der Waals surface area contributed by atoms with Crippen molar-refractivity contribution in [2.24, 2.45) is 4.99 Å². The minimum Gasteiger partial charge on any atom is -0.456 e. The normalized spacial score (nSPS) is 16.0. The number of hydrogen-bond acceptors (Lipinski definition) is 6. The highest BCUT2D eigenvalue weighted by Crippen LogP contribution is 2.40. The first-order valence-electron chi connectivity index (χ1n) is 20.0. The average Bonchev–Trinajstić information content (AvgIpc) is 3.99. The zero-order chi connectivity index (χ0) is 38.6. The molecule has 1 aliphatic rings. The van der Waals surface area contributed by atoms with E-state index in [9.17, 15) is 0 Å². The Morgan fingerprint density at radius 2 is 1.10 bits per heavy atom. The van der Waals surface area contributed by atoms with E-state index in [0.717, 1.165) is 105 Å². The number of para-hydroxylation sites is 2. The molecule has 2 N–H and O–H groups in total. The minimum atomic E-state index is -0.276. The Bertz CT molecular complexity index is 3690. The van der Waals surface area contributed by atoms with Gasteiger partial charge in [-0.3, -0.25) is 9.72 Å². The van der Waals surface area contributed by atoms with Gasteiger partial charge in [0.15, 0.2) is 5.58 Å². The summed E-state index contributed by atoms with van der Waals surface area (Å²) in [6.45, 7) is 0. The maximum absolute atomic E-state index is 6.32. The van der Waals surface area contributed by atoms with Crippen LogP contribution in [0.15, 0.2) is 190 Å². The number of pyridine rings is 1. The molecule has 59 heavy (non-hydrogen) atoms. The fourth-order valence-corrected chi connectivity index (χ4v) is 9.21. The second-order valence-corrected chi connectivity index (χ2v) is 15.5. The highest BCUT2D eigenvalue weighted by Gasteiger charge is 2.26. The lowest BCUT2D eigenvalue weighted by Crippen LogP contribution is -2.44. The number of hydrogen-bond donors (Lipinski definition) is 2. The lowest BCUT2D eigenvalue weighted by molar-refractivity contribution is 0.409. The third-order valence-corrected chi connectivity index (χ3v) is 12.1. The van der Waals surface area contributed by atoms with Gasteiger partial charge in [-0.1, -0.05) is 133 Å². The van der Waals surface area contributed by atoms with Gasteiger partial charge in [0, 0.05) is 37.9 Å². The molecule has 5 heterocycles. The van der Waals surface area contributed by atoms with E-state index in [1.165, 1.54) is 10.8 Å². The van der Waals surface area contributed by atoms with E-state index in [1.54, 1.807) is 0 Å². The van der Waals surface area contributed by atoms with E-state index < -0.39 is 0 Å². The largest absolute Gasteiger partial charge is 0.456 e. The van der Waals surface area contributed by atoms with Crippen molar-refractivity contribution in [3.05, 3.63) is 193 Å². The van der Waals surface area contributed by atoms with E-state index >= 15 is 0 Å². The van der Waals surface area contributed by atoms with Crippen LogP contribution in [0.1, 0.15) is 29.0 Å². The highest BCUT2D eigenvalue weighted by atomic mass is 16.3. The fraction of sp³-hybridized carbons (Fsp3) is 0.0385. The maximum atomic E-state index is 6.32. The average molecular weight is 760 g/mol. The quantitative estimate of drug-likeness (QED) is 0.175. The van der Waals surface area contributed by atoms with Gasteiger partial charge in [-0.2, -0.15) is 0 Å². The predicted molar refractivity (Wildman–Crippen MR) is 239 cm³/mol. The predicted octanol–water partition coefficient (Wildman–Crippen LogP) is 12.6. The number of rotatable bonds is 4. The summed E-state index contributed by atoms with van der Waals surface area (Å²) in [4.78, 5) is 10.5. The number of nitrogens with one attached hydrogen (secondary N) is 2. The van der Waals surface area contributed by atoms with E-state index in [-0.39, 0.29) is 12.3 Å².